The Labute approximate surface area is 73.8 Å². The largest absolute Gasteiger partial charge is 0.261 e. The van der Waals surface area contributed by atoms with Gasteiger partial charge in [-0.3, -0.25) is 4.98 Å². The standard InChI is InChI=1S/C11H15N/c1-8-4-5-12-10(6-8)11(3)7-9(11)2/h4-6,9H,7H2,1-3H3. The van der Waals surface area contributed by atoms with Gasteiger partial charge in [0.15, 0.2) is 0 Å². The molecule has 1 fully saturated rings. The molecule has 1 heterocycles. The Balaban J connectivity index is 2.36. The van der Waals surface area contributed by atoms with Crippen molar-refractivity contribution in [2.75, 3.05) is 0 Å². The van der Waals surface area contributed by atoms with Crippen LogP contribution < -0.4 is 0 Å². The molecule has 0 N–H and O–H groups in total. The average Bonchev–Trinajstić information content (AvgIpc) is 2.61. The summed E-state index contributed by atoms with van der Waals surface area (Å²) in [5.74, 6) is 0.812. The number of pyridine rings is 1. The van der Waals surface area contributed by atoms with Gasteiger partial charge < -0.3 is 0 Å². The molecular weight excluding hydrogens is 146 g/mol. The van der Waals surface area contributed by atoms with E-state index in [-0.39, 0.29) is 0 Å². The van der Waals surface area contributed by atoms with Crippen molar-refractivity contribution in [1.82, 2.24) is 4.98 Å². The van der Waals surface area contributed by atoms with Gasteiger partial charge in [0.2, 0.25) is 0 Å². The van der Waals surface area contributed by atoms with Crippen molar-refractivity contribution in [3.05, 3.63) is 29.6 Å². The minimum absolute atomic E-state index is 0.381. The molecule has 0 bridgehead atoms. The van der Waals surface area contributed by atoms with Crippen molar-refractivity contribution in [2.45, 2.75) is 32.6 Å². The highest BCUT2D eigenvalue weighted by atomic mass is 14.7. The molecule has 1 aromatic rings. The smallest absolute Gasteiger partial charge is 0.0467 e. The Bertz CT molecular complexity index is 306. The number of aromatic nitrogens is 1. The highest BCUT2D eigenvalue weighted by Crippen LogP contribution is 2.52. The Kier molecular flexibility index (Phi) is 1.50. The molecular formula is C11H15N. The van der Waals surface area contributed by atoms with Crippen LogP contribution in [0.15, 0.2) is 18.3 Å². The summed E-state index contributed by atoms with van der Waals surface area (Å²) in [5, 5.41) is 0. The first-order chi connectivity index (χ1) is 5.63. The highest BCUT2D eigenvalue weighted by Gasteiger charge is 2.48. The van der Waals surface area contributed by atoms with Gasteiger partial charge in [0, 0.05) is 17.3 Å². The third-order valence-corrected chi connectivity index (χ3v) is 3.16. The van der Waals surface area contributed by atoms with E-state index >= 15 is 0 Å². The average molecular weight is 161 g/mol. The summed E-state index contributed by atoms with van der Waals surface area (Å²) in [7, 11) is 0. The van der Waals surface area contributed by atoms with Crippen molar-refractivity contribution in [3.8, 4) is 0 Å². The fourth-order valence-electron chi connectivity index (χ4n) is 1.78. The number of aryl methyl sites for hydroxylation is 1. The van der Waals surface area contributed by atoms with Crippen LogP contribution in [0.4, 0.5) is 0 Å². The fourth-order valence-corrected chi connectivity index (χ4v) is 1.78. The lowest BCUT2D eigenvalue weighted by Crippen LogP contribution is -2.05. The van der Waals surface area contributed by atoms with E-state index in [9.17, 15) is 0 Å². The molecule has 0 spiro atoms. The highest BCUT2D eigenvalue weighted by molar-refractivity contribution is 5.28. The molecule has 1 nitrogen and oxygen atoms in total. The normalized spacial score (nSPS) is 33.4. The van der Waals surface area contributed by atoms with Crippen LogP contribution in [-0.2, 0) is 5.41 Å². The third kappa shape index (κ3) is 1.04. The summed E-state index contributed by atoms with van der Waals surface area (Å²) in [6.07, 6.45) is 3.21. The minimum atomic E-state index is 0.381. The molecule has 1 aliphatic rings. The Hall–Kier alpha value is -0.850. The van der Waals surface area contributed by atoms with E-state index in [1.54, 1.807) is 0 Å². The maximum absolute atomic E-state index is 4.42. The van der Waals surface area contributed by atoms with Crippen molar-refractivity contribution in [2.24, 2.45) is 5.92 Å². The van der Waals surface area contributed by atoms with E-state index in [0.29, 0.717) is 5.41 Å². The summed E-state index contributed by atoms with van der Waals surface area (Å²) >= 11 is 0. The van der Waals surface area contributed by atoms with E-state index in [4.69, 9.17) is 0 Å². The second-order valence-electron chi connectivity index (χ2n) is 4.24. The molecule has 0 radical (unpaired) electrons. The molecule has 1 saturated carbocycles. The van der Waals surface area contributed by atoms with Gasteiger partial charge in [0.1, 0.15) is 0 Å². The molecule has 12 heavy (non-hydrogen) atoms. The molecule has 0 aromatic carbocycles. The molecule has 0 saturated heterocycles. The molecule has 2 unspecified atom stereocenters. The first-order valence-corrected chi connectivity index (χ1v) is 4.56. The molecule has 0 aliphatic heterocycles. The maximum Gasteiger partial charge on any atom is 0.0467 e. The van der Waals surface area contributed by atoms with E-state index in [1.165, 1.54) is 17.7 Å². The summed E-state index contributed by atoms with van der Waals surface area (Å²) < 4.78 is 0. The van der Waals surface area contributed by atoms with Gasteiger partial charge in [0.25, 0.3) is 0 Å². The molecule has 2 rings (SSSR count). The lowest BCUT2D eigenvalue weighted by molar-refractivity contribution is 0.675. The monoisotopic (exact) mass is 161 g/mol. The second-order valence-corrected chi connectivity index (χ2v) is 4.24. The predicted molar refractivity (Wildman–Crippen MR) is 50.1 cm³/mol. The summed E-state index contributed by atoms with van der Waals surface area (Å²) in [4.78, 5) is 4.42. The van der Waals surface area contributed by atoms with Crippen molar-refractivity contribution >= 4 is 0 Å². The first-order valence-electron chi connectivity index (χ1n) is 4.56. The second kappa shape index (κ2) is 2.32. The van der Waals surface area contributed by atoms with E-state index in [0.717, 1.165) is 5.92 Å². The van der Waals surface area contributed by atoms with Gasteiger partial charge in [-0.05, 0) is 37.0 Å². The van der Waals surface area contributed by atoms with Gasteiger partial charge in [-0.2, -0.15) is 0 Å². The van der Waals surface area contributed by atoms with Gasteiger partial charge in [-0.15, -0.1) is 0 Å². The molecule has 1 aromatic heterocycles. The lowest BCUT2D eigenvalue weighted by Gasteiger charge is -2.08. The van der Waals surface area contributed by atoms with E-state index < -0.39 is 0 Å². The third-order valence-electron chi connectivity index (χ3n) is 3.16. The SMILES string of the molecule is Cc1ccnc(C2(C)CC2C)c1. The molecule has 0 amide bonds. The number of hydrogen-bond donors (Lipinski definition) is 0. The van der Waals surface area contributed by atoms with Crippen LogP contribution in [0.2, 0.25) is 0 Å². The summed E-state index contributed by atoms with van der Waals surface area (Å²) in [6, 6.07) is 4.27. The summed E-state index contributed by atoms with van der Waals surface area (Å²) in [5.41, 5.74) is 2.97. The predicted octanol–water partition coefficient (Wildman–Crippen LogP) is 2.69. The van der Waals surface area contributed by atoms with E-state index in [1.807, 2.05) is 6.20 Å². The molecule has 64 valence electrons. The zero-order valence-corrected chi connectivity index (χ0v) is 7.96. The Morgan fingerprint density at radius 3 is 2.75 bits per heavy atom. The van der Waals surface area contributed by atoms with Crippen molar-refractivity contribution in [3.63, 3.8) is 0 Å². The van der Waals surface area contributed by atoms with E-state index in [2.05, 4.69) is 37.9 Å². The summed E-state index contributed by atoms with van der Waals surface area (Å²) in [6.45, 7) is 6.73. The topological polar surface area (TPSA) is 12.9 Å². The van der Waals surface area contributed by atoms with Gasteiger partial charge in [-0.25, -0.2) is 0 Å². The zero-order valence-electron chi connectivity index (χ0n) is 7.96. The Morgan fingerprint density at radius 1 is 1.58 bits per heavy atom. The minimum Gasteiger partial charge on any atom is -0.261 e. The van der Waals surface area contributed by atoms with Crippen LogP contribution in [0, 0.1) is 12.8 Å². The quantitative estimate of drug-likeness (QED) is 0.617. The molecule has 1 heteroatoms. The fraction of sp³-hybridized carbons (Fsp3) is 0.545. The first kappa shape index (κ1) is 7.78. The van der Waals surface area contributed by atoms with Crippen LogP contribution in [0.1, 0.15) is 31.5 Å². The molecule has 1 aliphatic carbocycles. The number of nitrogens with zero attached hydrogens (tertiary/aromatic N) is 1. The lowest BCUT2D eigenvalue weighted by atomic mass is 10.0. The van der Waals surface area contributed by atoms with Gasteiger partial charge in [-0.1, -0.05) is 13.8 Å². The van der Waals surface area contributed by atoms with Crippen LogP contribution in [0.25, 0.3) is 0 Å². The number of hydrogen-bond acceptors (Lipinski definition) is 1. The van der Waals surface area contributed by atoms with Crippen molar-refractivity contribution in [1.29, 1.82) is 0 Å². The zero-order chi connectivity index (χ0) is 8.77. The molecule has 2 atom stereocenters. The van der Waals surface area contributed by atoms with Crippen LogP contribution >= 0.6 is 0 Å². The maximum atomic E-state index is 4.42. The van der Waals surface area contributed by atoms with Crippen LogP contribution in [0.5, 0.6) is 0 Å². The van der Waals surface area contributed by atoms with Crippen molar-refractivity contribution < 1.29 is 0 Å². The van der Waals surface area contributed by atoms with Gasteiger partial charge in [0.05, 0.1) is 0 Å². The number of rotatable bonds is 1. The van der Waals surface area contributed by atoms with Crippen LogP contribution in [-0.4, -0.2) is 4.98 Å². The van der Waals surface area contributed by atoms with Crippen LogP contribution in [0.3, 0.4) is 0 Å². The van der Waals surface area contributed by atoms with Gasteiger partial charge >= 0.3 is 0 Å². The Morgan fingerprint density at radius 2 is 2.25 bits per heavy atom.